The minimum atomic E-state index is -1.44. The number of amidine groups is 1. The van der Waals surface area contributed by atoms with Crippen LogP contribution >= 0.6 is 0 Å². The molecule has 0 bridgehead atoms. The molecule has 3 heterocycles. The molecule has 2 unspecified atom stereocenters. The molecule has 0 saturated carbocycles. The molecule has 0 radical (unpaired) electrons. The fourth-order valence-corrected chi connectivity index (χ4v) is 2.05. The smallest absolute Gasteiger partial charge is 0.232 e. The van der Waals surface area contributed by atoms with E-state index in [1.807, 2.05) is 0 Å². The summed E-state index contributed by atoms with van der Waals surface area (Å²) in [4.78, 5) is 7.87. The molecule has 96 valence electrons. The van der Waals surface area contributed by atoms with Gasteiger partial charge in [-0.3, -0.25) is 16.1 Å². The average Bonchev–Trinajstić information content (AvgIpc) is 2.55. The van der Waals surface area contributed by atoms with Crippen LogP contribution in [0, 0.1) is 0 Å². The first-order valence-corrected chi connectivity index (χ1v) is 5.22. The van der Waals surface area contributed by atoms with E-state index in [0.717, 1.165) is 0 Å². The van der Waals surface area contributed by atoms with Crippen LogP contribution in [0.25, 0.3) is 0 Å². The Morgan fingerprint density at radius 2 is 2.00 bits per heavy atom. The number of hydrogen-bond donors (Lipinski definition) is 6. The van der Waals surface area contributed by atoms with E-state index < -0.39 is 11.4 Å². The van der Waals surface area contributed by atoms with Crippen molar-refractivity contribution < 1.29 is 0 Å². The number of hydrogen-bond acceptors (Lipinski definition) is 9. The lowest BCUT2D eigenvalue weighted by Crippen LogP contribution is -2.80. The summed E-state index contributed by atoms with van der Waals surface area (Å²) in [5.41, 5.74) is 23.0. The molecule has 0 fully saturated rings. The van der Waals surface area contributed by atoms with Gasteiger partial charge in [0.05, 0.1) is 11.9 Å². The number of nitrogens with two attached hydrogens (primary N) is 4. The highest BCUT2D eigenvalue weighted by Crippen LogP contribution is 2.35. The number of guanidine groups is 1. The van der Waals surface area contributed by atoms with Crippen LogP contribution in [0.15, 0.2) is 16.2 Å². The van der Waals surface area contributed by atoms with Crippen molar-refractivity contribution in [2.45, 2.75) is 11.4 Å². The third-order valence-electron chi connectivity index (χ3n) is 3.00. The Bertz CT molecular complexity index is 585. The molecule has 0 aromatic carbocycles. The standard InChI is InChI=1S/C8H14N10/c1-18-2-3-4(17-18)15-8(12)7(11,14-3)5(9)13-6(10)16-8/h2,14H,11-12H2,1H3,(H,15,17)(H4,9,10,13,16). The predicted octanol–water partition coefficient (Wildman–Crippen LogP) is -2.79. The summed E-state index contributed by atoms with van der Waals surface area (Å²) in [6.07, 6.45) is 1.74. The van der Waals surface area contributed by atoms with E-state index in [1.54, 1.807) is 17.9 Å². The Hall–Kier alpha value is -2.33. The van der Waals surface area contributed by atoms with Crippen LogP contribution in [0.1, 0.15) is 0 Å². The minimum absolute atomic E-state index is 0.0373. The monoisotopic (exact) mass is 250 g/mol. The van der Waals surface area contributed by atoms with Crippen LogP contribution < -0.4 is 33.6 Å². The second kappa shape index (κ2) is 2.91. The SMILES string of the molecule is Cn1cc2c(n1)NC1(N)N=C(N)N=C(N)C1(N)N2. The van der Waals surface area contributed by atoms with Crippen LogP contribution in [0.4, 0.5) is 11.5 Å². The highest BCUT2D eigenvalue weighted by molar-refractivity contribution is 6.05. The van der Waals surface area contributed by atoms with Gasteiger partial charge in [-0.25, -0.2) is 4.99 Å². The molecule has 2 atom stereocenters. The Morgan fingerprint density at radius 1 is 1.28 bits per heavy atom. The van der Waals surface area contributed by atoms with Crippen molar-refractivity contribution >= 4 is 23.3 Å². The number of fused-ring (bicyclic) bond motifs is 2. The molecule has 3 rings (SSSR count). The van der Waals surface area contributed by atoms with Gasteiger partial charge in [-0.2, -0.15) is 10.1 Å². The summed E-state index contributed by atoms with van der Waals surface area (Å²) in [5, 5.41) is 10.1. The largest absolute Gasteiger partial charge is 0.384 e. The third kappa shape index (κ3) is 1.15. The van der Waals surface area contributed by atoms with Crippen LogP contribution in [-0.2, 0) is 7.05 Å². The first-order valence-electron chi connectivity index (χ1n) is 5.22. The number of nitrogens with one attached hydrogen (secondary N) is 2. The molecule has 2 aliphatic rings. The molecule has 18 heavy (non-hydrogen) atoms. The van der Waals surface area contributed by atoms with Crippen molar-refractivity contribution in [1.82, 2.24) is 9.78 Å². The van der Waals surface area contributed by atoms with Crippen molar-refractivity contribution in [2.75, 3.05) is 10.6 Å². The van der Waals surface area contributed by atoms with Gasteiger partial charge < -0.3 is 22.1 Å². The molecule has 2 aliphatic heterocycles. The molecule has 1 aromatic heterocycles. The highest BCUT2D eigenvalue weighted by Gasteiger charge is 2.56. The Morgan fingerprint density at radius 3 is 2.72 bits per heavy atom. The number of nitrogens with zero attached hydrogens (tertiary/aromatic N) is 4. The summed E-state index contributed by atoms with van der Waals surface area (Å²) in [5.74, 6) is -0.902. The van der Waals surface area contributed by atoms with Gasteiger partial charge in [-0.15, -0.1) is 0 Å². The summed E-state index contributed by atoms with van der Waals surface area (Å²) in [6, 6.07) is 0. The molecular formula is C8H14N10. The van der Waals surface area contributed by atoms with E-state index in [9.17, 15) is 0 Å². The summed E-state index contributed by atoms with van der Waals surface area (Å²) < 4.78 is 1.61. The van der Waals surface area contributed by atoms with Crippen LogP contribution in [0.2, 0.25) is 0 Å². The number of aromatic nitrogens is 2. The molecule has 0 saturated heterocycles. The van der Waals surface area contributed by atoms with Gasteiger partial charge in [0, 0.05) is 7.05 Å². The topological polar surface area (TPSA) is 171 Å². The molecule has 0 amide bonds. The molecule has 10 nitrogen and oxygen atoms in total. The van der Waals surface area contributed by atoms with E-state index in [1.165, 1.54) is 0 Å². The van der Waals surface area contributed by atoms with E-state index in [2.05, 4.69) is 25.7 Å². The Kier molecular flexibility index (Phi) is 1.75. The summed E-state index contributed by atoms with van der Waals surface area (Å²) >= 11 is 0. The molecular weight excluding hydrogens is 236 g/mol. The molecule has 10 N–H and O–H groups in total. The molecule has 10 heteroatoms. The second-order valence-electron chi connectivity index (χ2n) is 4.36. The minimum Gasteiger partial charge on any atom is -0.384 e. The fraction of sp³-hybridized carbons (Fsp3) is 0.375. The lowest BCUT2D eigenvalue weighted by molar-refractivity contribution is 0.358. The van der Waals surface area contributed by atoms with Gasteiger partial charge in [-0.1, -0.05) is 0 Å². The number of rotatable bonds is 0. The zero-order valence-corrected chi connectivity index (χ0v) is 9.68. The van der Waals surface area contributed by atoms with Crippen molar-refractivity contribution in [1.29, 1.82) is 0 Å². The predicted molar refractivity (Wildman–Crippen MR) is 67.5 cm³/mol. The van der Waals surface area contributed by atoms with Crippen molar-refractivity contribution in [3.05, 3.63) is 6.20 Å². The van der Waals surface area contributed by atoms with Crippen LogP contribution in [-0.4, -0.2) is 33.0 Å². The fourth-order valence-electron chi connectivity index (χ4n) is 2.05. The molecule has 0 aliphatic carbocycles. The Labute approximate surface area is 102 Å². The van der Waals surface area contributed by atoms with Gasteiger partial charge in [-0.05, 0) is 0 Å². The highest BCUT2D eigenvalue weighted by atomic mass is 15.5. The van der Waals surface area contributed by atoms with Crippen molar-refractivity contribution in [3.63, 3.8) is 0 Å². The number of aliphatic imine (C=N–C) groups is 2. The van der Waals surface area contributed by atoms with Crippen molar-refractivity contribution in [3.8, 4) is 0 Å². The van der Waals surface area contributed by atoms with Crippen LogP contribution in [0.5, 0.6) is 0 Å². The van der Waals surface area contributed by atoms with Gasteiger partial charge in [0.2, 0.25) is 17.4 Å². The number of anilines is 2. The Balaban J connectivity index is 2.17. The maximum atomic E-state index is 6.17. The second-order valence-corrected chi connectivity index (χ2v) is 4.36. The zero-order chi connectivity index (χ0) is 13.1. The van der Waals surface area contributed by atoms with Crippen LogP contribution in [0.3, 0.4) is 0 Å². The maximum absolute atomic E-state index is 6.17. The van der Waals surface area contributed by atoms with E-state index in [4.69, 9.17) is 22.9 Å². The molecule has 0 spiro atoms. The lowest BCUT2D eigenvalue weighted by atomic mass is 9.97. The summed E-state index contributed by atoms with van der Waals surface area (Å²) in [6.45, 7) is 0. The van der Waals surface area contributed by atoms with Gasteiger partial charge >= 0.3 is 0 Å². The van der Waals surface area contributed by atoms with Gasteiger partial charge in [0.15, 0.2) is 5.82 Å². The van der Waals surface area contributed by atoms with Gasteiger partial charge in [0.25, 0.3) is 0 Å². The van der Waals surface area contributed by atoms with E-state index in [0.29, 0.717) is 11.5 Å². The summed E-state index contributed by atoms with van der Waals surface area (Å²) in [7, 11) is 1.77. The third-order valence-corrected chi connectivity index (χ3v) is 3.00. The molecule has 1 aromatic rings. The van der Waals surface area contributed by atoms with E-state index >= 15 is 0 Å². The number of aryl methyl sites for hydroxylation is 1. The lowest BCUT2D eigenvalue weighted by Gasteiger charge is -2.47. The average molecular weight is 250 g/mol. The van der Waals surface area contributed by atoms with Gasteiger partial charge in [0.1, 0.15) is 5.84 Å². The van der Waals surface area contributed by atoms with Crippen molar-refractivity contribution in [2.24, 2.45) is 40.0 Å². The quantitative estimate of drug-likeness (QED) is 0.289. The normalized spacial score (nSPS) is 33.5. The first kappa shape index (κ1) is 10.8. The maximum Gasteiger partial charge on any atom is 0.232 e. The zero-order valence-electron chi connectivity index (χ0n) is 9.68. The first-order chi connectivity index (χ1) is 8.34. The van der Waals surface area contributed by atoms with E-state index in [-0.39, 0.29) is 11.8 Å².